The van der Waals surface area contributed by atoms with Gasteiger partial charge in [0.05, 0.1) is 0 Å². The van der Waals surface area contributed by atoms with Crippen LogP contribution in [0.1, 0.15) is 105 Å². The predicted octanol–water partition coefficient (Wildman–Crippen LogP) is 4.59. The molecule has 212 valence electrons. The molecule has 8 rings (SSSR count). The Bertz CT molecular complexity index is 1300. The van der Waals surface area contributed by atoms with Crippen molar-refractivity contribution in [3.63, 3.8) is 0 Å². The van der Waals surface area contributed by atoms with Crippen LogP contribution in [0.15, 0.2) is 59.7 Å². The van der Waals surface area contributed by atoms with Gasteiger partial charge in [-0.15, -0.1) is 53.1 Å². The van der Waals surface area contributed by atoms with Crippen molar-refractivity contribution in [2.24, 2.45) is 23.2 Å². The van der Waals surface area contributed by atoms with Crippen molar-refractivity contribution in [2.75, 3.05) is 0 Å². The zero-order chi connectivity index (χ0) is 26.2. The van der Waals surface area contributed by atoms with E-state index in [1.54, 1.807) is 30.4 Å². The van der Waals surface area contributed by atoms with Crippen LogP contribution in [-0.2, 0) is 37.0 Å². The number of rotatable bonds is 1. The average Bonchev–Trinajstić information content (AvgIpc) is 3.40. The molecule has 0 unspecified atom stereocenters. The fraction of sp³-hybridized carbons (Fsp3) is 0.541. The molecule has 4 fully saturated rings. The topological polar surface area (TPSA) is 0 Å². The SMILES string of the molecule is CC(C)(C)c1ccc2[cH-]c3ccc(C(C)(C)C)cc3c2c1.CC1=CC[C-]=C1C12CC3CC(CC(C3)C1)C2.[Cl-].[Cl-].[Zr+4]. The van der Waals surface area contributed by atoms with Gasteiger partial charge in [-0.1, -0.05) is 76.9 Å². The predicted molar refractivity (Wildman–Crippen MR) is 160 cm³/mol. The Morgan fingerprint density at radius 1 is 0.725 bits per heavy atom. The van der Waals surface area contributed by atoms with E-state index < -0.39 is 0 Å². The van der Waals surface area contributed by atoms with Crippen LogP contribution in [0.5, 0.6) is 0 Å². The van der Waals surface area contributed by atoms with E-state index in [1.807, 2.05) is 0 Å². The molecular formula is C37H46Cl2Zr. The molecule has 0 amide bonds. The summed E-state index contributed by atoms with van der Waals surface area (Å²) >= 11 is 0. The molecule has 3 aromatic rings. The smallest absolute Gasteiger partial charge is 1.00 e. The number of benzene rings is 2. The van der Waals surface area contributed by atoms with E-state index in [2.05, 4.69) is 103 Å². The molecule has 0 aromatic heterocycles. The van der Waals surface area contributed by atoms with E-state index in [0.717, 1.165) is 24.2 Å². The molecule has 0 nitrogen and oxygen atoms in total. The second-order valence-electron chi connectivity index (χ2n) is 15.1. The Morgan fingerprint density at radius 3 is 1.50 bits per heavy atom. The fourth-order valence-electron chi connectivity index (χ4n) is 8.50. The zero-order valence-corrected chi connectivity index (χ0v) is 29.5. The van der Waals surface area contributed by atoms with Crippen LogP contribution in [0, 0.1) is 29.2 Å². The van der Waals surface area contributed by atoms with E-state index in [1.165, 1.54) is 51.9 Å². The average molecular weight is 653 g/mol. The van der Waals surface area contributed by atoms with Crippen molar-refractivity contribution >= 4 is 21.5 Å². The summed E-state index contributed by atoms with van der Waals surface area (Å²) in [5.41, 5.74) is 6.99. The molecule has 3 heteroatoms. The minimum atomic E-state index is 0. The molecular weight excluding hydrogens is 607 g/mol. The van der Waals surface area contributed by atoms with Gasteiger partial charge in [-0.3, -0.25) is 6.08 Å². The summed E-state index contributed by atoms with van der Waals surface area (Å²) in [6.45, 7) is 16.0. The quantitative estimate of drug-likeness (QED) is 0.338. The number of halogens is 2. The van der Waals surface area contributed by atoms with Crippen molar-refractivity contribution < 1.29 is 51.0 Å². The van der Waals surface area contributed by atoms with Crippen molar-refractivity contribution in [3.8, 4) is 0 Å². The minimum Gasteiger partial charge on any atom is -1.00 e. The van der Waals surface area contributed by atoms with E-state index in [9.17, 15) is 0 Å². The molecule has 40 heavy (non-hydrogen) atoms. The molecule has 0 N–H and O–H groups in total. The first-order valence-corrected chi connectivity index (χ1v) is 14.8. The first-order valence-electron chi connectivity index (χ1n) is 14.8. The van der Waals surface area contributed by atoms with Gasteiger partial charge < -0.3 is 24.8 Å². The molecule has 5 aliphatic carbocycles. The number of hydrogen-bond donors (Lipinski definition) is 0. The molecule has 0 heterocycles. The molecule has 5 aliphatic rings. The molecule has 4 bridgehead atoms. The van der Waals surface area contributed by atoms with Gasteiger partial charge in [0.25, 0.3) is 0 Å². The first-order chi connectivity index (χ1) is 17.4. The zero-order valence-electron chi connectivity index (χ0n) is 25.6. The van der Waals surface area contributed by atoms with Gasteiger partial charge >= 0.3 is 26.2 Å². The van der Waals surface area contributed by atoms with Gasteiger partial charge in [-0.25, -0.2) is 11.1 Å². The number of allylic oxidation sites excluding steroid dienone is 4. The van der Waals surface area contributed by atoms with Crippen molar-refractivity contribution in [1.82, 2.24) is 0 Å². The molecule has 0 aliphatic heterocycles. The molecule has 0 atom stereocenters. The molecule has 4 saturated carbocycles. The summed E-state index contributed by atoms with van der Waals surface area (Å²) in [5.74, 6) is 3.19. The molecule has 3 aromatic carbocycles. The van der Waals surface area contributed by atoms with Crippen LogP contribution in [0.4, 0.5) is 0 Å². The second-order valence-corrected chi connectivity index (χ2v) is 15.1. The van der Waals surface area contributed by atoms with Gasteiger partial charge in [-0.05, 0) is 72.5 Å². The first kappa shape index (κ1) is 33.8. The van der Waals surface area contributed by atoms with Gasteiger partial charge in [0, 0.05) is 0 Å². The maximum Gasteiger partial charge on any atom is 4.00 e. The van der Waals surface area contributed by atoms with Crippen LogP contribution in [0.2, 0.25) is 0 Å². The second kappa shape index (κ2) is 12.1. The number of hydrogen-bond acceptors (Lipinski definition) is 0. The van der Waals surface area contributed by atoms with Crippen molar-refractivity contribution in [1.29, 1.82) is 0 Å². The van der Waals surface area contributed by atoms with Crippen molar-refractivity contribution in [3.05, 3.63) is 76.9 Å². The Morgan fingerprint density at radius 2 is 1.15 bits per heavy atom. The van der Waals surface area contributed by atoms with Crippen molar-refractivity contribution in [2.45, 2.75) is 104 Å². The van der Waals surface area contributed by atoms with E-state index in [-0.39, 0.29) is 61.8 Å². The molecule has 0 saturated heterocycles. The summed E-state index contributed by atoms with van der Waals surface area (Å²) in [6, 6.07) is 16.1. The number of fused-ring (bicyclic) bond motifs is 3. The van der Waals surface area contributed by atoms with E-state index >= 15 is 0 Å². The van der Waals surface area contributed by atoms with Crippen LogP contribution < -0.4 is 24.8 Å². The maximum atomic E-state index is 3.69. The Hall–Kier alpha value is -0.747. The monoisotopic (exact) mass is 650 g/mol. The van der Waals surface area contributed by atoms with E-state index in [0.29, 0.717) is 5.41 Å². The third-order valence-electron chi connectivity index (χ3n) is 10.1. The maximum absolute atomic E-state index is 3.69. The van der Waals surface area contributed by atoms with Crippen LogP contribution in [0.25, 0.3) is 21.5 Å². The summed E-state index contributed by atoms with van der Waals surface area (Å²) in [4.78, 5) is 0. The molecule has 0 spiro atoms. The third-order valence-corrected chi connectivity index (χ3v) is 10.1. The van der Waals surface area contributed by atoms with Gasteiger partial charge in [-0.2, -0.15) is 6.08 Å². The largest absolute Gasteiger partial charge is 4.00 e. The Kier molecular flexibility index (Phi) is 10.2. The third kappa shape index (κ3) is 6.29. The van der Waals surface area contributed by atoms with E-state index in [4.69, 9.17) is 0 Å². The minimum absolute atomic E-state index is 0. The Balaban J connectivity index is 0.000000210. The van der Waals surface area contributed by atoms with Crippen LogP contribution in [-0.4, -0.2) is 0 Å². The van der Waals surface area contributed by atoms with Gasteiger partial charge in [0.1, 0.15) is 0 Å². The summed E-state index contributed by atoms with van der Waals surface area (Å²) in [7, 11) is 0. The summed E-state index contributed by atoms with van der Waals surface area (Å²) < 4.78 is 0. The molecule has 0 radical (unpaired) electrons. The Labute approximate surface area is 275 Å². The normalized spacial score (nSPS) is 26.7. The standard InChI is InChI=1S/C21H25.C16H21.2ClH.Zr/c1-20(2,3)16-9-7-14-11-15-8-10-17(21(4,5)6)13-19(15)18(14)12-16;1-11-3-2-4-15(11)16-8-12-5-13(9-16)7-14(6-12)10-16;;;/h7-13H,1-6H3;3,12-14H,2,5-10H2,1H3;2*1H;/q2*-1;;;+4/p-2. The van der Waals surface area contributed by atoms with Gasteiger partial charge in [0.2, 0.25) is 0 Å². The van der Waals surface area contributed by atoms with Crippen LogP contribution >= 0.6 is 0 Å². The van der Waals surface area contributed by atoms with Crippen LogP contribution in [0.3, 0.4) is 0 Å². The summed E-state index contributed by atoms with van der Waals surface area (Å²) in [5, 5.41) is 5.49. The van der Waals surface area contributed by atoms with Gasteiger partial charge in [0.15, 0.2) is 0 Å². The fourth-order valence-corrected chi connectivity index (χ4v) is 8.50. The summed E-state index contributed by atoms with van der Waals surface area (Å²) in [6.07, 6.45) is 16.3.